The number of anilines is 1. The molecule has 226 valence electrons. The molecule has 2 rings (SSSR count). The third kappa shape index (κ3) is 8.75. The van der Waals surface area contributed by atoms with Crippen molar-refractivity contribution in [1.82, 2.24) is 0 Å². The highest BCUT2D eigenvalue weighted by Gasteiger charge is 2.53. The first-order valence-electron chi connectivity index (χ1n) is 12.4. The smallest absolute Gasteiger partial charge is 0.303 e. The number of carbonyl (C=O) groups excluding carboxylic acids is 4. The molecule has 0 bridgehead atoms. The molecule has 5 atom stereocenters. The van der Waals surface area contributed by atoms with Crippen molar-refractivity contribution in [3.63, 3.8) is 0 Å². The van der Waals surface area contributed by atoms with E-state index in [4.69, 9.17) is 23.7 Å². The molecule has 0 unspecified atom stereocenters. The summed E-state index contributed by atoms with van der Waals surface area (Å²) >= 11 is 0.670. The first kappa shape index (κ1) is 33.2. The Kier molecular flexibility index (Phi) is 11.8. The zero-order chi connectivity index (χ0) is 31.0. The maximum atomic E-state index is 12.1. The molecule has 1 aliphatic rings. The molecule has 1 aromatic carbocycles. The quantitative estimate of drug-likeness (QED) is 0.146. The Morgan fingerprint density at radius 3 is 1.80 bits per heavy atom. The van der Waals surface area contributed by atoms with Gasteiger partial charge in [-0.15, -0.1) is 0 Å². The van der Waals surface area contributed by atoms with Crippen LogP contribution < -0.4 is 4.90 Å². The summed E-state index contributed by atoms with van der Waals surface area (Å²) in [5.74, 6) is -3.21. The fourth-order valence-electron chi connectivity index (χ4n) is 4.16. The van der Waals surface area contributed by atoms with Crippen molar-refractivity contribution in [1.29, 1.82) is 0 Å². The van der Waals surface area contributed by atoms with Crippen LogP contribution in [0.5, 0.6) is 0 Å². The number of esters is 4. The third-order valence-electron chi connectivity index (χ3n) is 5.74. The van der Waals surface area contributed by atoms with E-state index in [1.54, 1.807) is 18.7 Å². The van der Waals surface area contributed by atoms with E-state index in [1.165, 1.54) is 6.07 Å². The van der Waals surface area contributed by atoms with Crippen molar-refractivity contribution in [2.75, 3.05) is 24.6 Å². The number of hydrogen-bond acceptors (Lipinski definition) is 15. The minimum Gasteiger partial charge on any atom is -0.463 e. The van der Waals surface area contributed by atoms with Crippen LogP contribution in [-0.2, 0) is 42.9 Å². The second kappa shape index (κ2) is 14.6. The SMILES string of the molecule is CCN(CC)c1cc(S[C@@H]2O[C@H](COC(C)=O)[C@H](OC(C)=O)[C@H](OC(C)=O)[C@H]2OC(C)=O)c([N+](=O)[O-])cc1[N+](=O)[O-]. The van der Waals surface area contributed by atoms with Gasteiger partial charge in [0, 0.05) is 40.8 Å². The normalized spacial score (nSPS) is 21.8. The van der Waals surface area contributed by atoms with E-state index >= 15 is 0 Å². The Labute approximate surface area is 238 Å². The summed E-state index contributed by atoms with van der Waals surface area (Å²) in [6.07, 6.45) is -5.64. The van der Waals surface area contributed by atoms with Gasteiger partial charge < -0.3 is 28.6 Å². The van der Waals surface area contributed by atoms with Crippen LogP contribution in [0.1, 0.15) is 41.5 Å². The van der Waals surface area contributed by atoms with Crippen LogP contribution in [0.25, 0.3) is 0 Å². The van der Waals surface area contributed by atoms with Crippen molar-refractivity contribution in [3.05, 3.63) is 32.4 Å². The minimum atomic E-state index is -1.48. The Morgan fingerprint density at radius 2 is 1.34 bits per heavy atom. The number of rotatable bonds is 12. The average molecular weight is 602 g/mol. The molecule has 1 aliphatic heterocycles. The van der Waals surface area contributed by atoms with E-state index in [1.807, 2.05) is 0 Å². The van der Waals surface area contributed by atoms with Crippen molar-refractivity contribution in [2.45, 2.75) is 76.3 Å². The standard InChI is InChI=1S/C24H31N3O13S/c1-7-25(8-2)16-10-20(18(27(34)35)9-17(16)26(32)33)41-24-23(39-15(6)31)22(38-14(5)30)21(37-13(4)29)19(40-24)11-36-12(3)28/h9-10,19,21-24H,7-8,11H2,1-6H3/t19-,21+,22+,23-,24+/m1/s1. The lowest BCUT2D eigenvalue weighted by atomic mass is 9.99. The molecule has 1 aromatic rings. The molecule has 0 spiro atoms. The van der Waals surface area contributed by atoms with E-state index in [9.17, 15) is 39.4 Å². The van der Waals surface area contributed by atoms with Crippen LogP contribution in [0.15, 0.2) is 17.0 Å². The second-order valence-corrected chi connectivity index (χ2v) is 9.82. The van der Waals surface area contributed by atoms with Crippen LogP contribution in [0.4, 0.5) is 17.1 Å². The van der Waals surface area contributed by atoms with Gasteiger partial charge in [0.25, 0.3) is 11.4 Å². The minimum absolute atomic E-state index is 0.0941. The van der Waals surface area contributed by atoms with Gasteiger partial charge in [-0.1, -0.05) is 11.8 Å². The molecule has 17 heteroatoms. The van der Waals surface area contributed by atoms with E-state index in [0.717, 1.165) is 33.8 Å². The molecule has 0 amide bonds. The molecular formula is C24H31N3O13S. The highest BCUT2D eigenvalue weighted by molar-refractivity contribution is 8.00. The van der Waals surface area contributed by atoms with Gasteiger partial charge in [0.2, 0.25) is 0 Å². The van der Waals surface area contributed by atoms with Crippen LogP contribution in [0.2, 0.25) is 0 Å². The highest BCUT2D eigenvalue weighted by atomic mass is 32.2. The molecule has 0 aliphatic carbocycles. The number of nitro groups is 2. The molecule has 1 saturated heterocycles. The summed E-state index contributed by atoms with van der Waals surface area (Å²) in [5, 5.41) is 23.8. The van der Waals surface area contributed by atoms with Crippen LogP contribution >= 0.6 is 11.8 Å². The van der Waals surface area contributed by atoms with Crippen LogP contribution in [-0.4, -0.2) is 83.3 Å². The lowest BCUT2D eigenvalue weighted by Gasteiger charge is -2.44. The molecule has 1 heterocycles. The number of benzene rings is 1. The van der Waals surface area contributed by atoms with Crippen molar-refractivity contribution in [2.24, 2.45) is 0 Å². The van der Waals surface area contributed by atoms with Gasteiger partial charge in [0.05, 0.1) is 20.8 Å². The van der Waals surface area contributed by atoms with Crippen molar-refractivity contribution in [3.8, 4) is 0 Å². The van der Waals surface area contributed by atoms with Gasteiger partial charge in [0.15, 0.2) is 18.3 Å². The molecule has 0 aromatic heterocycles. The zero-order valence-electron chi connectivity index (χ0n) is 23.2. The lowest BCUT2D eigenvalue weighted by Crippen LogP contribution is -2.61. The summed E-state index contributed by atoms with van der Waals surface area (Å²) in [7, 11) is 0. The van der Waals surface area contributed by atoms with E-state index in [0.29, 0.717) is 24.9 Å². The first-order chi connectivity index (χ1) is 19.2. The fourth-order valence-corrected chi connectivity index (χ4v) is 5.38. The molecule has 0 radical (unpaired) electrons. The number of nitro benzene ring substituents is 2. The molecule has 41 heavy (non-hydrogen) atoms. The van der Waals surface area contributed by atoms with Gasteiger partial charge in [-0.2, -0.15) is 0 Å². The number of carbonyl (C=O) groups is 4. The van der Waals surface area contributed by atoms with Gasteiger partial charge in [-0.25, -0.2) is 0 Å². The molecular weight excluding hydrogens is 570 g/mol. The Morgan fingerprint density at radius 1 is 0.829 bits per heavy atom. The molecule has 0 N–H and O–H groups in total. The number of ether oxygens (including phenoxy) is 5. The van der Waals surface area contributed by atoms with Crippen LogP contribution in [0, 0.1) is 20.2 Å². The van der Waals surface area contributed by atoms with E-state index in [-0.39, 0.29) is 10.6 Å². The topological polar surface area (TPSA) is 204 Å². The number of thioether (sulfide) groups is 1. The summed E-state index contributed by atoms with van der Waals surface area (Å²) in [6, 6.07) is 2.07. The predicted molar refractivity (Wildman–Crippen MR) is 141 cm³/mol. The second-order valence-electron chi connectivity index (χ2n) is 8.68. The van der Waals surface area contributed by atoms with Crippen molar-refractivity contribution < 1.29 is 52.7 Å². The number of hydrogen-bond donors (Lipinski definition) is 0. The summed E-state index contributed by atoms with van der Waals surface area (Å²) in [5.41, 5.74) is -2.39. The maximum Gasteiger partial charge on any atom is 0.303 e. The Hall–Kier alpha value is -3.99. The predicted octanol–water partition coefficient (Wildman–Crippen LogP) is 2.52. The summed E-state index contributed by atoms with van der Waals surface area (Å²) < 4.78 is 27.2. The largest absolute Gasteiger partial charge is 0.463 e. The number of nitrogens with zero attached hydrogens (tertiary/aromatic N) is 3. The van der Waals surface area contributed by atoms with Gasteiger partial charge in [-0.05, 0) is 19.9 Å². The van der Waals surface area contributed by atoms with E-state index in [2.05, 4.69) is 0 Å². The van der Waals surface area contributed by atoms with E-state index < -0.39 is 81.6 Å². The highest BCUT2D eigenvalue weighted by Crippen LogP contribution is 2.44. The van der Waals surface area contributed by atoms with Gasteiger partial charge in [-0.3, -0.25) is 39.4 Å². The first-order valence-corrected chi connectivity index (χ1v) is 13.3. The zero-order valence-corrected chi connectivity index (χ0v) is 24.0. The molecule has 1 fully saturated rings. The Balaban J connectivity index is 2.73. The third-order valence-corrected chi connectivity index (χ3v) is 6.94. The summed E-state index contributed by atoms with van der Waals surface area (Å²) in [6.45, 7) is 8.03. The van der Waals surface area contributed by atoms with Crippen molar-refractivity contribution >= 4 is 52.7 Å². The Bertz CT molecular complexity index is 1190. The summed E-state index contributed by atoms with van der Waals surface area (Å²) in [4.78, 5) is 71.4. The molecule has 0 saturated carbocycles. The van der Waals surface area contributed by atoms with Crippen LogP contribution in [0.3, 0.4) is 0 Å². The van der Waals surface area contributed by atoms with Gasteiger partial charge >= 0.3 is 23.9 Å². The lowest BCUT2D eigenvalue weighted by molar-refractivity contribution is -0.395. The monoisotopic (exact) mass is 601 g/mol. The maximum absolute atomic E-state index is 12.1. The van der Waals surface area contributed by atoms with Gasteiger partial charge in [0.1, 0.15) is 23.8 Å². The fraction of sp³-hybridized carbons (Fsp3) is 0.583. The average Bonchev–Trinajstić information content (AvgIpc) is 2.86. The molecule has 16 nitrogen and oxygen atoms in total.